The Balaban J connectivity index is 3.28. The number of rotatable bonds is 0. The van der Waals surface area contributed by atoms with E-state index in [-0.39, 0.29) is 0 Å². The molecule has 1 aliphatic heterocycles. The molecule has 1 aliphatic rings. The van der Waals surface area contributed by atoms with Crippen molar-refractivity contribution in [2.24, 2.45) is 0 Å². The van der Waals surface area contributed by atoms with Crippen LogP contribution in [0.15, 0.2) is 10.8 Å². The first-order valence-corrected chi connectivity index (χ1v) is 4.84. The molecule has 0 aromatic rings. The van der Waals surface area contributed by atoms with Gasteiger partial charge in [-0.3, -0.25) is 0 Å². The van der Waals surface area contributed by atoms with E-state index in [4.69, 9.17) is 0 Å². The molecule has 0 spiro atoms. The molecule has 0 aromatic heterocycles. The van der Waals surface area contributed by atoms with Gasteiger partial charge in [-0.15, -0.1) is 0 Å². The maximum absolute atomic E-state index is 10.2. The third-order valence-corrected chi connectivity index (χ3v) is 3.40. The summed E-state index contributed by atoms with van der Waals surface area (Å²) in [6, 6.07) is 0. The lowest BCUT2D eigenvalue weighted by atomic mass is 11.3. The van der Waals surface area contributed by atoms with Gasteiger partial charge in [-0.25, -0.2) is 16.8 Å². The van der Waals surface area contributed by atoms with Crippen molar-refractivity contribution in [1.29, 1.82) is 0 Å². The van der Waals surface area contributed by atoms with Gasteiger partial charge >= 0.3 is 0 Å². The minimum absolute atomic E-state index is 0.544. The monoisotopic (exact) mass is 168 g/mol. The first-order chi connectivity index (χ1) is 3.91. The molecule has 9 heavy (non-hydrogen) atoms. The predicted octanol–water partition coefficient (Wildman–Crippen LogP) is -0.495. The van der Waals surface area contributed by atoms with Crippen LogP contribution in [0.2, 0.25) is 0 Å². The van der Waals surface area contributed by atoms with E-state index in [2.05, 4.69) is 4.13 Å². The average Bonchev–Trinajstić information content (AvgIpc) is 1.78. The summed E-state index contributed by atoms with van der Waals surface area (Å²) in [7, 11) is -7.59. The third kappa shape index (κ3) is 1.50. The van der Waals surface area contributed by atoms with E-state index in [1.54, 1.807) is 0 Å². The molecule has 0 N–H and O–H groups in total. The molecule has 0 fully saturated rings. The third-order valence-electron chi connectivity index (χ3n) is 0.607. The standard InChI is InChI=1S/C2H2NO4S2/c4-8(5)1-2-9(6,7)3-8/h1-2H/q-1. The van der Waals surface area contributed by atoms with E-state index >= 15 is 0 Å². The Morgan fingerprint density at radius 2 is 1.22 bits per heavy atom. The Bertz CT molecular complexity index is 299. The van der Waals surface area contributed by atoms with Gasteiger partial charge in [0.2, 0.25) is 0 Å². The van der Waals surface area contributed by atoms with Crippen molar-refractivity contribution in [2.75, 3.05) is 0 Å². The second-order valence-corrected chi connectivity index (χ2v) is 4.58. The molecular weight excluding hydrogens is 166 g/mol. The summed E-state index contributed by atoms with van der Waals surface area (Å²) < 4.78 is 43.3. The summed E-state index contributed by atoms with van der Waals surface area (Å²) in [5.41, 5.74) is 0. The van der Waals surface area contributed by atoms with Gasteiger partial charge in [0, 0.05) is 10.8 Å². The van der Waals surface area contributed by atoms with Gasteiger partial charge in [0.1, 0.15) is 20.0 Å². The molecule has 0 saturated heterocycles. The van der Waals surface area contributed by atoms with E-state index in [0.29, 0.717) is 10.8 Å². The zero-order valence-electron chi connectivity index (χ0n) is 4.05. The Hall–Kier alpha value is -0.400. The number of hydrogen-bond acceptors (Lipinski definition) is 4. The molecule has 1 heterocycles. The van der Waals surface area contributed by atoms with E-state index < -0.39 is 20.0 Å². The van der Waals surface area contributed by atoms with Gasteiger partial charge < -0.3 is 4.13 Å². The molecule has 0 saturated carbocycles. The largest absolute Gasteiger partial charge is 0.429 e. The second-order valence-electron chi connectivity index (χ2n) is 1.38. The molecule has 1 rings (SSSR count). The van der Waals surface area contributed by atoms with Crippen LogP contribution in [0.5, 0.6) is 0 Å². The highest BCUT2D eigenvalue weighted by molar-refractivity contribution is 8.17. The van der Waals surface area contributed by atoms with E-state index in [1.165, 1.54) is 0 Å². The topological polar surface area (TPSA) is 82.4 Å². The Morgan fingerprint density at radius 1 is 0.889 bits per heavy atom. The lowest BCUT2D eigenvalue weighted by Gasteiger charge is -2.04. The molecule has 0 bridgehead atoms. The van der Waals surface area contributed by atoms with Gasteiger partial charge in [0.15, 0.2) is 0 Å². The fourth-order valence-electron chi connectivity index (χ4n) is 0.335. The minimum Gasteiger partial charge on any atom is -0.429 e. The predicted molar refractivity (Wildman–Crippen MR) is 30.3 cm³/mol. The van der Waals surface area contributed by atoms with E-state index in [1.807, 2.05) is 0 Å². The first-order valence-electron chi connectivity index (χ1n) is 1.84. The summed E-state index contributed by atoms with van der Waals surface area (Å²) in [5, 5.41) is 1.09. The van der Waals surface area contributed by atoms with Crippen molar-refractivity contribution in [2.45, 2.75) is 0 Å². The lowest BCUT2D eigenvalue weighted by Crippen LogP contribution is -1.91. The van der Waals surface area contributed by atoms with Gasteiger partial charge in [0.25, 0.3) is 0 Å². The van der Waals surface area contributed by atoms with Crippen LogP contribution in [-0.2, 0) is 20.0 Å². The van der Waals surface area contributed by atoms with Crippen LogP contribution in [0.1, 0.15) is 0 Å². The minimum atomic E-state index is -3.80. The smallest absolute Gasteiger partial charge is 0.106 e. The van der Waals surface area contributed by atoms with E-state index in [9.17, 15) is 16.8 Å². The van der Waals surface area contributed by atoms with Crippen molar-refractivity contribution < 1.29 is 16.8 Å². The van der Waals surface area contributed by atoms with Crippen molar-refractivity contribution >= 4 is 20.0 Å². The zero-order chi connectivity index (χ0) is 7.12. The molecule has 7 heteroatoms. The van der Waals surface area contributed by atoms with Gasteiger partial charge in [-0.05, 0) is 0 Å². The Kier molecular flexibility index (Phi) is 1.16. The fraction of sp³-hybridized carbons (Fsp3) is 0. The summed E-state index contributed by atoms with van der Waals surface area (Å²) in [4.78, 5) is 0. The van der Waals surface area contributed by atoms with Crippen molar-refractivity contribution in [3.05, 3.63) is 14.9 Å². The Labute approximate surface area is 52.5 Å². The molecule has 0 aromatic carbocycles. The van der Waals surface area contributed by atoms with Crippen LogP contribution in [0.4, 0.5) is 0 Å². The number of nitrogens with zero attached hydrogens (tertiary/aromatic N) is 1. The highest BCUT2D eigenvalue weighted by Gasteiger charge is 2.08. The number of hydrogen-bond donors (Lipinski definition) is 0. The molecule has 0 atom stereocenters. The average molecular weight is 168 g/mol. The van der Waals surface area contributed by atoms with Crippen LogP contribution in [0.25, 0.3) is 4.13 Å². The summed E-state index contributed by atoms with van der Waals surface area (Å²) in [6.07, 6.45) is 0. The van der Waals surface area contributed by atoms with Crippen molar-refractivity contribution in [3.63, 3.8) is 0 Å². The summed E-state index contributed by atoms with van der Waals surface area (Å²) >= 11 is 0. The van der Waals surface area contributed by atoms with Gasteiger partial charge in [-0.1, -0.05) is 0 Å². The molecule has 0 amide bonds. The number of sulfonamides is 2. The van der Waals surface area contributed by atoms with Crippen LogP contribution in [0.3, 0.4) is 0 Å². The van der Waals surface area contributed by atoms with Gasteiger partial charge in [0.05, 0.1) is 0 Å². The maximum atomic E-state index is 10.2. The summed E-state index contributed by atoms with van der Waals surface area (Å²) in [6.45, 7) is 0. The molecule has 0 aliphatic carbocycles. The van der Waals surface area contributed by atoms with Crippen LogP contribution in [0, 0.1) is 0 Å². The quantitative estimate of drug-likeness (QED) is 0.488. The maximum Gasteiger partial charge on any atom is 0.106 e. The SMILES string of the molecule is O=S1(=O)C=CS(=O)(=O)[N-]1. The molecule has 5 nitrogen and oxygen atoms in total. The second kappa shape index (κ2) is 1.55. The zero-order valence-corrected chi connectivity index (χ0v) is 5.68. The van der Waals surface area contributed by atoms with Gasteiger partial charge in [-0.2, -0.15) is 0 Å². The lowest BCUT2D eigenvalue weighted by molar-refractivity contribution is 0.607. The highest BCUT2D eigenvalue weighted by Crippen LogP contribution is 2.20. The van der Waals surface area contributed by atoms with Crippen LogP contribution in [-0.4, -0.2) is 16.8 Å². The molecule has 0 radical (unpaired) electrons. The van der Waals surface area contributed by atoms with Crippen molar-refractivity contribution in [3.8, 4) is 0 Å². The van der Waals surface area contributed by atoms with Crippen LogP contribution < -0.4 is 0 Å². The van der Waals surface area contributed by atoms with E-state index in [0.717, 1.165) is 0 Å². The first kappa shape index (κ1) is 6.72. The Morgan fingerprint density at radius 3 is 1.33 bits per heavy atom. The highest BCUT2D eigenvalue weighted by atomic mass is 32.3. The fourth-order valence-corrected chi connectivity index (χ4v) is 3.01. The molecular formula is C2H2NO4S2-. The van der Waals surface area contributed by atoms with Crippen molar-refractivity contribution in [1.82, 2.24) is 0 Å². The normalized spacial score (nSPS) is 28.4. The van der Waals surface area contributed by atoms with Crippen LogP contribution >= 0.6 is 0 Å². The summed E-state index contributed by atoms with van der Waals surface area (Å²) in [5.74, 6) is 0. The molecule has 52 valence electrons. The molecule has 0 unspecified atom stereocenters.